The van der Waals surface area contributed by atoms with Gasteiger partial charge in [0.2, 0.25) is 5.89 Å². The molecule has 4 rings (SSSR count). The first-order chi connectivity index (χ1) is 13.2. The van der Waals surface area contributed by atoms with E-state index in [9.17, 15) is 9.59 Å². The van der Waals surface area contributed by atoms with E-state index in [0.29, 0.717) is 35.6 Å². The quantitative estimate of drug-likeness (QED) is 0.659. The number of methoxy groups -OCH3 is 1. The zero-order chi connectivity index (χ0) is 18.8. The van der Waals surface area contributed by atoms with Crippen LogP contribution >= 0.6 is 0 Å². The van der Waals surface area contributed by atoms with Gasteiger partial charge in [-0.15, -0.1) is 0 Å². The number of amides is 1. The van der Waals surface area contributed by atoms with Crippen molar-refractivity contribution in [3.63, 3.8) is 0 Å². The van der Waals surface area contributed by atoms with Gasteiger partial charge in [0, 0.05) is 13.1 Å². The number of nitrogens with zero attached hydrogens (tertiary/aromatic N) is 2. The Morgan fingerprint density at radius 3 is 2.67 bits per heavy atom. The van der Waals surface area contributed by atoms with Gasteiger partial charge < -0.3 is 18.8 Å². The number of oxazole rings is 1. The third-order valence-electron chi connectivity index (χ3n) is 4.53. The summed E-state index contributed by atoms with van der Waals surface area (Å²) in [5.41, 5.74) is 2.28. The molecule has 0 spiro atoms. The standard InChI is InChI=1S/C20H18N2O5/c1-25-19(23)15-8-5-9-16-17(15)27-18(21-16)14-10-22(11-14)20(24)26-12-13-6-3-2-4-7-13/h2-9,14H,10-12H2,1H3. The number of hydrogen-bond acceptors (Lipinski definition) is 6. The molecule has 1 amide bonds. The smallest absolute Gasteiger partial charge is 0.410 e. The van der Waals surface area contributed by atoms with Crippen molar-refractivity contribution < 1.29 is 23.5 Å². The molecule has 2 heterocycles. The maximum atomic E-state index is 12.1. The number of hydrogen-bond donors (Lipinski definition) is 0. The van der Waals surface area contributed by atoms with Gasteiger partial charge in [0.25, 0.3) is 0 Å². The minimum absolute atomic E-state index is 0.0211. The van der Waals surface area contributed by atoms with E-state index in [1.807, 2.05) is 30.3 Å². The lowest BCUT2D eigenvalue weighted by Gasteiger charge is -2.36. The number of carbonyl (C=O) groups is 2. The molecular weight excluding hydrogens is 348 g/mol. The average molecular weight is 366 g/mol. The summed E-state index contributed by atoms with van der Waals surface area (Å²) in [7, 11) is 1.32. The highest BCUT2D eigenvalue weighted by molar-refractivity contribution is 6.00. The molecule has 0 bridgehead atoms. The second kappa shape index (κ2) is 7.11. The summed E-state index contributed by atoms with van der Waals surface area (Å²) in [4.78, 5) is 30.0. The fraction of sp³-hybridized carbons (Fsp3) is 0.250. The van der Waals surface area contributed by atoms with Crippen LogP contribution in [0.2, 0.25) is 0 Å². The molecular formula is C20H18N2O5. The van der Waals surface area contributed by atoms with Crippen molar-refractivity contribution in [3.05, 3.63) is 65.5 Å². The number of ether oxygens (including phenoxy) is 2. The molecule has 0 unspecified atom stereocenters. The highest BCUT2D eigenvalue weighted by Crippen LogP contribution is 2.31. The second-order valence-electron chi connectivity index (χ2n) is 6.34. The fourth-order valence-electron chi connectivity index (χ4n) is 3.01. The van der Waals surface area contributed by atoms with Crippen LogP contribution in [-0.4, -0.2) is 42.1 Å². The van der Waals surface area contributed by atoms with Crippen molar-refractivity contribution in [2.75, 3.05) is 20.2 Å². The van der Waals surface area contributed by atoms with Crippen molar-refractivity contribution in [1.29, 1.82) is 0 Å². The van der Waals surface area contributed by atoms with Crippen LogP contribution in [0.25, 0.3) is 11.1 Å². The van der Waals surface area contributed by atoms with E-state index in [0.717, 1.165) is 5.56 Å². The van der Waals surface area contributed by atoms with Crippen LogP contribution < -0.4 is 0 Å². The van der Waals surface area contributed by atoms with E-state index in [1.54, 1.807) is 23.1 Å². The Hall–Kier alpha value is -3.35. The van der Waals surface area contributed by atoms with Crippen LogP contribution in [0.15, 0.2) is 52.9 Å². The van der Waals surface area contributed by atoms with E-state index in [-0.39, 0.29) is 18.6 Å². The normalized spacial score (nSPS) is 14.0. The highest BCUT2D eigenvalue weighted by Gasteiger charge is 2.36. The Morgan fingerprint density at radius 2 is 1.93 bits per heavy atom. The maximum Gasteiger partial charge on any atom is 0.410 e. The van der Waals surface area contributed by atoms with Gasteiger partial charge >= 0.3 is 12.1 Å². The van der Waals surface area contributed by atoms with Gasteiger partial charge in [-0.25, -0.2) is 14.6 Å². The van der Waals surface area contributed by atoms with Crippen LogP contribution in [-0.2, 0) is 16.1 Å². The number of para-hydroxylation sites is 1. The zero-order valence-electron chi connectivity index (χ0n) is 14.8. The average Bonchev–Trinajstić information content (AvgIpc) is 3.09. The van der Waals surface area contributed by atoms with Crippen molar-refractivity contribution in [1.82, 2.24) is 9.88 Å². The molecule has 1 aliphatic heterocycles. The first-order valence-corrected chi connectivity index (χ1v) is 8.59. The molecule has 27 heavy (non-hydrogen) atoms. The van der Waals surface area contributed by atoms with Gasteiger partial charge in [-0.1, -0.05) is 36.4 Å². The van der Waals surface area contributed by atoms with Gasteiger partial charge in [-0.05, 0) is 17.7 Å². The molecule has 1 saturated heterocycles. The molecule has 1 aliphatic rings. The van der Waals surface area contributed by atoms with Crippen LogP contribution in [0, 0.1) is 0 Å². The largest absolute Gasteiger partial charge is 0.465 e. The first kappa shape index (κ1) is 17.1. The van der Waals surface area contributed by atoms with E-state index < -0.39 is 5.97 Å². The second-order valence-corrected chi connectivity index (χ2v) is 6.34. The topological polar surface area (TPSA) is 81.9 Å². The van der Waals surface area contributed by atoms with Gasteiger partial charge in [-0.2, -0.15) is 0 Å². The monoisotopic (exact) mass is 366 g/mol. The van der Waals surface area contributed by atoms with Gasteiger partial charge in [0.15, 0.2) is 5.58 Å². The van der Waals surface area contributed by atoms with E-state index in [4.69, 9.17) is 13.9 Å². The third kappa shape index (κ3) is 3.36. The van der Waals surface area contributed by atoms with Crippen molar-refractivity contribution >= 4 is 23.2 Å². The summed E-state index contributed by atoms with van der Waals surface area (Å²) in [5.74, 6) is 0.0173. The first-order valence-electron chi connectivity index (χ1n) is 8.59. The molecule has 0 atom stereocenters. The molecule has 1 aromatic heterocycles. The Labute approximate surface area is 155 Å². The summed E-state index contributed by atoms with van der Waals surface area (Å²) in [5, 5.41) is 0. The zero-order valence-corrected chi connectivity index (χ0v) is 14.8. The summed E-state index contributed by atoms with van der Waals surface area (Å²) < 4.78 is 15.9. The summed E-state index contributed by atoms with van der Waals surface area (Å²) >= 11 is 0. The fourth-order valence-corrected chi connectivity index (χ4v) is 3.01. The predicted molar refractivity (Wildman–Crippen MR) is 96.3 cm³/mol. The van der Waals surface area contributed by atoms with E-state index in [2.05, 4.69) is 4.98 Å². The van der Waals surface area contributed by atoms with Crippen molar-refractivity contribution in [3.8, 4) is 0 Å². The number of benzene rings is 2. The molecule has 138 valence electrons. The van der Waals surface area contributed by atoms with Crippen LogP contribution in [0.3, 0.4) is 0 Å². The Morgan fingerprint density at radius 1 is 1.15 bits per heavy atom. The molecule has 2 aromatic carbocycles. The van der Waals surface area contributed by atoms with Crippen molar-refractivity contribution in [2.24, 2.45) is 0 Å². The lowest BCUT2D eigenvalue weighted by atomic mass is 10.0. The SMILES string of the molecule is COC(=O)c1cccc2nc(C3CN(C(=O)OCc4ccccc4)C3)oc12. The van der Waals surface area contributed by atoms with Crippen LogP contribution in [0.1, 0.15) is 27.7 Å². The molecule has 1 fully saturated rings. The number of fused-ring (bicyclic) bond motifs is 1. The Kier molecular flexibility index (Phi) is 4.50. The van der Waals surface area contributed by atoms with Gasteiger partial charge in [0.1, 0.15) is 17.7 Å². The Balaban J connectivity index is 1.39. The molecule has 7 nitrogen and oxygen atoms in total. The number of carbonyl (C=O) groups excluding carboxylic acids is 2. The van der Waals surface area contributed by atoms with Gasteiger partial charge in [-0.3, -0.25) is 0 Å². The van der Waals surface area contributed by atoms with Crippen molar-refractivity contribution in [2.45, 2.75) is 12.5 Å². The number of rotatable bonds is 4. The molecule has 7 heteroatoms. The molecule has 3 aromatic rings. The summed E-state index contributed by atoms with van der Waals surface area (Å²) in [6, 6.07) is 14.7. The maximum absolute atomic E-state index is 12.1. The number of esters is 1. The lowest BCUT2D eigenvalue weighted by molar-refractivity contribution is 0.0601. The minimum Gasteiger partial charge on any atom is -0.465 e. The predicted octanol–water partition coefficient (Wildman–Crippen LogP) is 3.35. The third-order valence-corrected chi connectivity index (χ3v) is 4.53. The highest BCUT2D eigenvalue weighted by atomic mass is 16.6. The minimum atomic E-state index is -0.469. The Bertz CT molecular complexity index is 976. The van der Waals surface area contributed by atoms with Gasteiger partial charge in [0.05, 0.1) is 13.0 Å². The summed E-state index contributed by atoms with van der Waals surface area (Å²) in [6.07, 6.45) is -0.360. The molecule has 0 N–H and O–H groups in total. The van der Waals surface area contributed by atoms with E-state index >= 15 is 0 Å². The van der Waals surface area contributed by atoms with Crippen LogP contribution in [0.5, 0.6) is 0 Å². The molecule has 0 aliphatic carbocycles. The number of likely N-dealkylation sites (tertiary alicyclic amines) is 1. The molecule has 0 saturated carbocycles. The lowest BCUT2D eigenvalue weighted by Crippen LogP contribution is -2.48. The molecule has 0 radical (unpaired) electrons. The van der Waals surface area contributed by atoms with E-state index in [1.165, 1.54) is 7.11 Å². The summed E-state index contributed by atoms with van der Waals surface area (Å²) in [6.45, 7) is 1.17. The van der Waals surface area contributed by atoms with Crippen LogP contribution in [0.4, 0.5) is 4.79 Å². The number of aromatic nitrogens is 1.